The Hall–Kier alpha value is -0.610. The monoisotopic (exact) mass is 646 g/mol. The molecule has 0 aromatic carbocycles. The van der Waals surface area contributed by atoms with E-state index < -0.39 is 0 Å². The Morgan fingerprint density at radius 2 is 0.535 bits per heavy atom. The Morgan fingerprint density at radius 1 is 0.302 bits per heavy atom. The van der Waals surface area contributed by atoms with Crippen LogP contribution in [0.3, 0.4) is 0 Å². The molecule has 0 aliphatic heterocycles. The average Bonchev–Trinajstić information content (AvgIpc) is 3.02. The summed E-state index contributed by atoms with van der Waals surface area (Å²) in [5, 5.41) is 0. The van der Waals surface area contributed by atoms with Crippen LogP contribution in [0.5, 0.6) is 0 Å². The Kier molecular flexibility index (Phi) is 40.8. The van der Waals surface area contributed by atoms with Gasteiger partial charge in [0.25, 0.3) is 0 Å². The van der Waals surface area contributed by atoms with Crippen LogP contribution in [0.2, 0.25) is 0 Å². The van der Waals surface area contributed by atoms with Crippen LogP contribution < -0.4 is 0 Å². The maximum Gasteiger partial charge on any atom is 0.111 e. The number of hydrogen-bond acceptors (Lipinski definition) is 12. The maximum atomic E-state index is 5.65. The highest BCUT2D eigenvalue weighted by molar-refractivity contribution is 6.17. The van der Waals surface area contributed by atoms with Crippen molar-refractivity contribution in [1.29, 1.82) is 0 Å². The van der Waals surface area contributed by atoms with Gasteiger partial charge in [0.15, 0.2) is 0 Å². The van der Waals surface area contributed by atoms with E-state index in [9.17, 15) is 0 Å². The van der Waals surface area contributed by atoms with Gasteiger partial charge in [-0.15, -0.1) is 11.6 Å². The Labute approximate surface area is 264 Å². The van der Waals surface area contributed by atoms with Crippen molar-refractivity contribution < 1.29 is 56.8 Å². The van der Waals surface area contributed by atoms with E-state index in [1.807, 2.05) is 0 Å². The molecule has 0 aliphatic rings. The molecule has 0 aliphatic carbocycles. The molecule has 0 saturated heterocycles. The van der Waals surface area contributed by atoms with Gasteiger partial charge < -0.3 is 56.8 Å². The lowest BCUT2D eigenvalue weighted by Crippen LogP contribution is -2.15. The van der Waals surface area contributed by atoms with E-state index in [1.54, 1.807) is 0 Å². The van der Waals surface area contributed by atoms with Crippen molar-refractivity contribution >= 4 is 11.6 Å². The predicted molar refractivity (Wildman–Crippen MR) is 164 cm³/mol. The van der Waals surface area contributed by atoms with Crippen LogP contribution in [0.4, 0.5) is 0 Å². The van der Waals surface area contributed by atoms with Gasteiger partial charge in [0.1, 0.15) is 6.61 Å². The molecule has 0 unspecified atom stereocenters. The van der Waals surface area contributed by atoms with Gasteiger partial charge in [-0.2, -0.15) is 0 Å². The third-order valence-corrected chi connectivity index (χ3v) is 5.62. The molecular formula is C30H59ClO12. The molecule has 0 rings (SSSR count). The van der Waals surface area contributed by atoms with E-state index in [1.165, 1.54) is 19.1 Å². The van der Waals surface area contributed by atoms with E-state index in [0.717, 1.165) is 25.3 Å². The van der Waals surface area contributed by atoms with Crippen molar-refractivity contribution in [1.82, 2.24) is 0 Å². The minimum absolute atomic E-state index is 0.503. The van der Waals surface area contributed by atoms with Gasteiger partial charge in [0, 0.05) is 12.5 Å². The molecular weight excluding hydrogens is 588 g/mol. The highest BCUT2D eigenvalue weighted by Crippen LogP contribution is 2.01. The van der Waals surface area contributed by atoms with Gasteiger partial charge in [-0.3, -0.25) is 0 Å². The van der Waals surface area contributed by atoms with E-state index in [4.69, 9.17) is 68.4 Å². The Balaban J connectivity index is 3.03. The lowest BCUT2D eigenvalue weighted by molar-refractivity contribution is -0.0279. The summed E-state index contributed by atoms with van der Waals surface area (Å²) in [5.74, 6) is 0.744. The summed E-state index contributed by atoms with van der Waals surface area (Å²) in [5.41, 5.74) is 0. The normalized spacial score (nSPS) is 11.4. The summed E-state index contributed by atoms with van der Waals surface area (Å²) in [7, 11) is 0. The summed E-state index contributed by atoms with van der Waals surface area (Å²) < 4.78 is 64.9. The van der Waals surface area contributed by atoms with Crippen LogP contribution >= 0.6 is 11.6 Å². The number of unbranched alkanes of at least 4 members (excludes halogenated alkanes) is 3. The van der Waals surface area contributed by atoms with Crippen LogP contribution in [0.25, 0.3) is 0 Å². The summed E-state index contributed by atoms with van der Waals surface area (Å²) >= 11 is 5.65. The van der Waals surface area contributed by atoms with Crippen molar-refractivity contribution in [3.63, 3.8) is 0 Å². The molecule has 0 spiro atoms. The summed E-state index contributed by atoms with van der Waals surface area (Å²) in [6.07, 6.45) is 5.90. The number of rotatable bonds is 40. The molecule has 0 aromatic heterocycles. The smallest absolute Gasteiger partial charge is 0.111 e. The Morgan fingerprint density at radius 3 is 0.791 bits per heavy atom. The van der Waals surface area contributed by atoms with E-state index >= 15 is 0 Å². The van der Waals surface area contributed by atoms with Crippen LogP contribution in [0.15, 0.2) is 12.8 Å². The van der Waals surface area contributed by atoms with Gasteiger partial charge >= 0.3 is 0 Å². The summed E-state index contributed by atoms with van der Waals surface area (Å²) in [6.45, 7) is 15.9. The highest BCUT2D eigenvalue weighted by atomic mass is 35.5. The van der Waals surface area contributed by atoms with Crippen molar-refractivity contribution in [2.45, 2.75) is 25.7 Å². The topological polar surface area (TPSA) is 111 Å². The van der Waals surface area contributed by atoms with Gasteiger partial charge in [0.2, 0.25) is 0 Å². The molecule has 13 heteroatoms. The maximum absolute atomic E-state index is 5.65. The Bertz CT molecular complexity index is 508. The standard InChI is InChI=1S/C30H59ClO12/c1-2-32-9-10-34-13-14-36-17-18-38-21-22-40-25-26-42-29-30-43-28-27-41-24-23-39-20-19-37-16-15-35-12-11-33-8-6-4-3-5-7-31/h2H,1,3-30H2. The minimum Gasteiger partial charge on any atom is -0.499 e. The first-order chi connectivity index (χ1) is 21.4. The summed E-state index contributed by atoms with van der Waals surface area (Å²) in [6, 6.07) is 0. The fourth-order valence-electron chi connectivity index (χ4n) is 3.14. The second kappa shape index (κ2) is 41.4. The highest BCUT2D eigenvalue weighted by Gasteiger charge is 1.97. The van der Waals surface area contributed by atoms with E-state index in [0.29, 0.717) is 145 Å². The van der Waals surface area contributed by atoms with E-state index in [2.05, 4.69) is 6.58 Å². The molecule has 0 aromatic rings. The van der Waals surface area contributed by atoms with Crippen molar-refractivity contribution in [2.24, 2.45) is 0 Å². The second-order valence-electron chi connectivity index (χ2n) is 8.88. The number of hydrogen-bond donors (Lipinski definition) is 0. The van der Waals surface area contributed by atoms with Gasteiger partial charge in [-0.05, 0) is 12.8 Å². The molecule has 0 bridgehead atoms. The van der Waals surface area contributed by atoms with Gasteiger partial charge in [-0.25, -0.2) is 0 Å². The summed E-state index contributed by atoms with van der Waals surface area (Å²) in [4.78, 5) is 0. The third-order valence-electron chi connectivity index (χ3n) is 5.36. The molecule has 0 radical (unpaired) electrons. The molecule has 12 nitrogen and oxygen atoms in total. The average molecular weight is 647 g/mol. The second-order valence-corrected chi connectivity index (χ2v) is 9.25. The van der Waals surface area contributed by atoms with Gasteiger partial charge in [-0.1, -0.05) is 19.4 Å². The largest absolute Gasteiger partial charge is 0.499 e. The van der Waals surface area contributed by atoms with Crippen molar-refractivity contribution in [3.8, 4) is 0 Å². The zero-order valence-electron chi connectivity index (χ0n) is 26.4. The number of alkyl halides is 1. The SMILES string of the molecule is C=COCCOCCOCCOCCOCCOCCOCCOCCOCCOCCOCCOCCCCCCCl. The fraction of sp³-hybridized carbons (Fsp3) is 0.933. The molecule has 43 heavy (non-hydrogen) atoms. The van der Waals surface area contributed by atoms with Crippen LogP contribution in [0, 0.1) is 0 Å². The molecule has 0 fully saturated rings. The van der Waals surface area contributed by atoms with Crippen LogP contribution in [0.1, 0.15) is 25.7 Å². The lowest BCUT2D eigenvalue weighted by Gasteiger charge is -2.09. The first-order valence-corrected chi connectivity index (χ1v) is 16.1. The zero-order valence-corrected chi connectivity index (χ0v) is 27.1. The molecule has 0 amide bonds. The van der Waals surface area contributed by atoms with Crippen molar-refractivity contribution in [2.75, 3.05) is 158 Å². The van der Waals surface area contributed by atoms with Gasteiger partial charge in [0.05, 0.1) is 145 Å². The van der Waals surface area contributed by atoms with Crippen LogP contribution in [-0.4, -0.2) is 158 Å². The third kappa shape index (κ3) is 41.4. The minimum atomic E-state index is 0.503. The molecule has 258 valence electrons. The van der Waals surface area contributed by atoms with Crippen molar-refractivity contribution in [3.05, 3.63) is 12.8 Å². The van der Waals surface area contributed by atoms with E-state index in [-0.39, 0.29) is 0 Å². The zero-order chi connectivity index (χ0) is 31.0. The first kappa shape index (κ1) is 42.4. The fourth-order valence-corrected chi connectivity index (χ4v) is 3.33. The molecule has 0 saturated carbocycles. The quantitative estimate of drug-likeness (QED) is 0.0554. The molecule has 0 N–H and O–H groups in total. The molecule has 0 atom stereocenters. The first-order valence-electron chi connectivity index (χ1n) is 15.6. The number of halogens is 1. The lowest BCUT2D eigenvalue weighted by atomic mass is 10.2. The predicted octanol–water partition coefficient (Wildman–Crippen LogP) is 3.13. The number of ether oxygens (including phenoxy) is 12. The van der Waals surface area contributed by atoms with Crippen LogP contribution in [-0.2, 0) is 56.8 Å². The molecule has 0 heterocycles.